The minimum absolute atomic E-state index is 0.521. The molecule has 0 aromatic rings. The number of carbonyl (C=O) groups is 1. The van der Waals surface area contributed by atoms with Crippen LogP contribution >= 0.6 is 0 Å². The Morgan fingerprint density at radius 1 is 1.78 bits per heavy atom. The Morgan fingerprint density at radius 2 is 2.33 bits per heavy atom. The number of Topliss-reactive ketones (excluding diaryl/α,β-unsaturated/α-hetero) is 1. The summed E-state index contributed by atoms with van der Waals surface area (Å²) in [6.45, 7) is 2.71. The van der Waals surface area contributed by atoms with Crippen LogP contribution in [-0.4, -0.2) is 28.7 Å². The lowest BCUT2D eigenvalue weighted by molar-refractivity contribution is -0.125. The molecule has 0 aromatic carbocycles. The van der Waals surface area contributed by atoms with E-state index in [2.05, 4.69) is 6.58 Å². The molecule has 2 N–H and O–H groups in total. The number of hydrogen-bond donors (Lipinski definition) is 2. The average molecular weight is 129 g/mol. The van der Waals surface area contributed by atoms with E-state index in [1.807, 2.05) is 0 Å². The molecule has 0 aliphatic rings. The van der Waals surface area contributed by atoms with E-state index in [0.717, 1.165) is 6.42 Å². The van der Waals surface area contributed by atoms with Crippen molar-refractivity contribution in [2.24, 2.45) is 0 Å². The van der Waals surface area contributed by atoms with Gasteiger partial charge in [-0.1, -0.05) is 6.08 Å². The van der Waals surface area contributed by atoms with Gasteiger partial charge in [-0.15, -0.1) is 6.58 Å². The molecule has 1 atom stereocenters. The highest BCUT2D eigenvalue weighted by Gasteiger charge is 2.10. The molecule has 0 heterocycles. The normalized spacial score (nSPS) is 12.7. The fourth-order valence-corrected chi connectivity index (χ4v) is 0.317. The molecule has 0 rings (SSSR count). The van der Waals surface area contributed by atoms with E-state index in [4.69, 9.17) is 10.2 Å². The molecule has 0 aliphatic carbocycles. The van der Waals surface area contributed by atoms with Crippen LogP contribution in [0.1, 0.15) is 0 Å². The molecule has 51 valence electrons. The van der Waals surface area contributed by atoms with Crippen molar-refractivity contribution in [2.75, 3.05) is 6.61 Å². The maximum atomic E-state index is 10.4. The van der Waals surface area contributed by atoms with Gasteiger partial charge in [0, 0.05) is 0 Å². The molecule has 0 fully saturated rings. The Hall–Kier alpha value is -0.670. The molecule has 3 nitrogen and oxygen atoms in total. The van der Waals surface area contributed by atoms with E-state index in [9.17, 15) is 4.79 Å². The highest BCUT2D eigenvalue weighted by Crippen LogP contribution is 1.88. The zero-order chi connectivity index (χ0) is 7.28. The minimum atomic E-state index is -1.29. The number of ketones is 1. The maximum Gasteiger partial charge on any atom is 0.171 e. The lowest BCUT2D eigenvalue weighted by Gasteiger charge is -2.00. The van der Waals surface area contributed by atoms with E-state index < -0.39 is 18.5 Å². The van der Waals surface area contributed by atoms with Crippen molar-refractivity contribution in [1.29, 1.82) is 0 Å². The first-order valence-electron chi connectivity index (χ1n) is 2.51. The SMILES string of the molecule is C=C[CH]C(=O)C(O)CO. The number of hydrogen-bond acceptors (Lipinski definition) is 3. The van der Waals surface area contributed by atoms with E-state index in [1.54, 1.807) is 0 Å². The van der Waals surface area contributed by atoms with Gasteiger partial charge < -0.3 is 10.2 Å². The molecule has 0 saturated heterocycles. The van der Waals surface area contributed by atoms with Crippen LogP contribution in [0, 0.1) is 6.42 Å². The summed E-state index contributed by atoms with van der Waals surface area (Å²) in [7, 11) is 0. The van der Waals surface area contributed by atoms with E-state index in [-0.39, 0.29) is 0 Å². The first-order valence-corrected chi connectivity index (χ1v) is 2.51. The summed E-state index contributed by atoms with van der Waals surface area (Å²) < 4.78 is 0. The van der Waals surface area contributed by atoms with Crippen LogP contribution in [-0.2, 0) is 4.79 Å². The molecule has 0 spiro atoms. The van der Waals surface area contributed by atoms with Crippen molar-refractivity contribution in [3.63, 3.8) is 0 Å². The highest BCUT2D eigenvalue weighted by atomic mass is 16.3. The minimum Gasteiger partial charge on any atom is -0.393 e. The van der Waals surface area contributed by atoms with Crippen molar-refractivity contribution >= 4 is 5.78 Å². The topological polar surface area (TPSA) is 57.5 Å². The van der Waals surface area contributed by atoms with Gasteiger partial charge in [0.1, 0.15) is 6.10 Å². The van der Waals surface area contributed by atoms with Crippen molar-refractivity contribution in [2.45, 2.75) is 6.10 Å². The largest absolute Gasteiger partial charge is 0.393 e. The molecule has 1 radical (unpaired) electrons. The maximum absolute atomic E-state index is 10.4. The van der Waals surface area contributed by atoms with Crippen molar-refractivity contribution in [3.8, 4) is 0 Å². The zero-order valence-electron chi connectivity index (χ0n) is 4.95. The van der Waals surface area contributed by atoms with Crippen LogP contribution in [0.2, 0.25) is 0 Å². The summed E-state index contributed by atoms with van der Waals surface area (Å²) in [5.41, 5.74) is 0. The van der Waals surface area contributed by atoms with Gasteiger partial charge in [0.15, 0.2) is 5.78 Å². The Kier molecular flexibility index (Phi) is 3.92. The summed E-state index contributed by atoms with van der Waals surface area (Å²) in [5.74, 6) is -0.521. The summed E-state index contributed by atoms with van der Waals surface area (Å²) in [4.78, 5) is 10.4. The molecular weight excluding hydrogens is 120 g/mol. The average Bonchev–Trinajstić information content (AvgIpc) is 1.87. The van der Waals surface area contributed by atoms with E-state index in [1.165, 1.54) is 6.08 Å². The molecule has 0 saturated carbocycles. The van der Waals surface area contributed by atoms with Crippen LogP contribution in [0.25, 0.3) is 0 Å². The second-order valence-corrected chi connectivity index (χ2v) is 1.50. The van der Waals surface area contributed by atoms with Crippen LogP contribution in [0.5, 0.6) is 0 Å². The molecular formula is C6H9O3. The van der Waals surface area contributed by atoms with Gasteiger partial charge >= 0.3 is 0 Å². The molecule has 0 aliphatic heterocycles. The van der Waals surface area contributed by atoms with Gasteiger partial charge in [0.2, 0.25) is 0 Å². The highest BCUT2D eigenvalue weighted by molar-refractivity contribution is 5.92. The van der Waals surface area contributed by atoms with Gasteiger partial charge in [0.05, 0.1) is 13.0 Å². The fraction of sp³-hybridized carbons (Fsp3) is 0.333. The van der Waals surface area contributed by atoms with Gasteiger partial charge in [-0.05, 0) is 0 Å². The third kappa shape index (κ3) is 3.00. The molecule has 0 bridgehead atoms. The van der Waals surface area contributed by atoms with E-state index >= 15 is 0 Å². The van der Waals surface area contributed by atoms with Gasteiger partial charge in [-0.3, -0.25) is 4.79 Å². The van der Waals surface area contributed by atoms with Gasteiger partial charge in [0.25, 0.3) is 0 Å². The van der Waals surface area contributed by atoms with Gasteiger partial charge in [-0.25, -0.2) is 0 Å². The van der Waals surface area contributed by atoms with Crippen LogP contribution in [0.15, 0.2) is 12.7 Å². The van der Waals surface area contributed by atoms with Crippen LogP contribution < -0.4 is 0 Å². The number of carbonyl (C=O) groups excluding carboxylic acids is 1. The fourth-order valence-electron chi connectivity index (χ4n) is 0.317. The number of rotatable bonds is 4. The number of aliphatic hydroxyl groups is 2. The Bertz CT molecular complexity index is 109. The predicted octanol–water partition coefficient (Wildman–Crippen LogP) is -0.701. The second kappa shape index (κ2) is 4.23. The summed E-state index contributed by atoms with van der Waals surface area (Å²) >= 11 is 0. The zero-order valence-corrected chi connectivity index (χ0v) is 4.95. The lowest BCUT2D eigenvalue weighted by atomic mass is 10.2. The Morgan fingerprint density at radius 3 is 2.67 bits per heavy atom. The molecule has 9 heavy (non-hydrogen) atoms. The van der Waals surface area contributed by atoms with Crippen molar-refractivity contribution in [3.05, 3.63) is 19.1 Å². The van der Waals surface area contributed by atoms with E-state index in [0.29, 0.717) is 0 Å². The smallest absolute Gasteiger partial charge is 0.171 e. The first kappa shape index (κ1) is 8.33. The molecule has 1 unspecified atom stereocenters. The summed E-state index contributed by atoms with van der Waals surface area (Å²) in [5, 5.41) is 16.8. The number of aliphatic hydroxyl groups excluding tert-OH is 2. The van der Waals surface area contributed by atoms with Crippen molar-refractivity contribution in [1.82, 2.24) is 0 Å². The third-order valence-electron chi connectivity index (χ3n) is 0.783. The Balaban J connectivity index is 3.58. The summed E-state index contributed by atoms with van der Waals surface area (Å²) in [6.07, 6.45) is 1.09. The first-order chi connectivity index (χ1) is 4.22. The quantitative estimate of drug-likeness (QED) is 0.527. The second-order valence-electron chi connectivity index (χ2n) is 1.50. The van der Waals surface area contributed by atoms with Crippen LogP contribution in [0.4, 0.5) is 0 Å². The monoisotopic (exact) mass is 129 g/mol. The lowest BCUT2D eigenvalue weighted by Crippen LogP contribution is -2.23. The predicted molar refractivity (Wildman–Crippen MR) is 32.6 cm³/mol. The third-order valence-corrected chi connectivity index (χ3v) is 0.783. The molecule has 0 amide bonds. The van der Waals surface area contributed by atoms with Gasteiger partial charge in [-0.2, -0.15) is 0 Å². The Labute approximate surface area is 53.6 Å². The summed E-state index contributed by atoms with van der Waals surface area (Å²) in [6, 6.07) is 0. The number of allylic oxidation sites excluding steroid dienone is 1. The standard InChI is InChI=1S/C6H9O3/c1-2-3-5(8)6(9)4-7/h2-3,6-7,9H,1,4H2. The molecule has 0 aromatic heterocycles. The van der Waals surface area contributed by atoms with Crippen molar-refractivity contribution < 1.29 is 15.0 Å². The van der Waals surface area contributed by atoms with Crippen LogP contribution in [0.3, 0.4) is 0 Å². The molecule has 3 heteroatoms.